The molecular formula is C16H28N2O2RuS. The predicted octanol–water partition coefficient (Wildman–Crippen LogP) is 2.41. The Labute approximate surface area is 148 Å². The van der Waals surface area contributed by atoms with Crippen molar-refractivity contribution in [1.29, 1.82) is 0 Å². The summed E-state index contributed by atoms with van der Waals surface area (Å²) in [6.45, 7) is 6.38. The van der Waals surface area contributed by atoms with E-state index in [4.69, 9.17) is 5.73 Å². The van der Waals surface area contributed by atoms with Gasteiger partial charge in [-0.1, -0.05) is 47.7 Å². The summed E-state index contributed by atoms with van der Waals surface area (Å²) in [5.41, 5.74) is 9.82. The maximum Gasteiger partial charge on any atom is 0.209 e. The van der Waals surface area contributed by atoms with Gasteiger partial charge in [0.05, 0.1) is 6.26 Å². The second kappa shape index (κ2) is 9.76. The van der Waals surface area contributed by atoms with Crippen molar-refractivity contribution >= 4 is 10.0 Å². The Kier molecular flexibility index (Phi) is 9.64. The zero-order valence-electron chi connectivity index (χ0n) is 13.9. The van der Waals surface area contributed by atoms with Gasteiger partial charge in [-0.05, 0) is 33.6 Å². The van der Waals surface area contributed by atoms with E-state index in [2.05, 4.69) is 43.7 Å². The van der Waals surface area contributed by atoms with Crippen molar-refractivity contribution < 1.29 is 27.9 Å². The zero-order chi connectivity index (χ0) is 16.0. The molecule has 2 atom stereocenters. The third kappa shape index (κ3) is 8.99. The van der Waals surface area contributed by atoms with Gasteiger partial charge in [-0.3, -0.25) is 0 Å². The second-order valence-corrected chi connectivity index (χ2v) is 7.89. The molecule has 0 bridgehead atoms. The Morgan fingerprint density at radius 2 is 1.41 bits per heavy atom. The van der Waals surface area contributed by atoms with Crippen LogP contribution < -0.4 is 10.5 Å². The van der Waals surface area contributed by atoms with E-state index in [1.807, 2.05) is 0 Å². The molecule has 1 aliphatic rings. The van der Waals surface area contributed by atoms with Gasteiger partial charge in [0.2, 0.25) is 10.0 Å². The molecule has 128 valence electrons. The van der Waals surface area contributed by atoms with E-state index in [9.17, 15) is 8.42 Å². The van der Waals surface area contributed by atoms with Crippen molar-refractivity contribution in [3.63, 3.8) is 0 Å². The molecule has 1 saturated carbocycles. The van der Waals surface area contributed by atoms with Crippen molar-refractivity contribution in [3.8, 4) is 0 Å². The first kappa shape index (κ1) is 21.7. The van der Waals surface area contributed by atoms with E-state index in [1.165, 1.54) is 22.9 Å². The van der Waals surface area contributed by atoms with Crippen LogP contribution in [0.25, 0.3) is 0 Å². The standard InChI is InChI=1S/C9H12.C7H16N2O2S.Ru/c1-7-4-8(2)6-9(3)5-7;1-12(10,11)9-7-5-3-2-4-6(7)8;/h4-6H,1-3H3;6-7,9H,2-5,8H2,1H3;/t;6-,7-;/m.0./s1. The third-order valence-corrected chi connectivity index (χ3v) is 4.28. The fraction of sp³-hybridized carbons (Fsp3) is 0.625. The Morgan fingerprint density at radius 1 is 1.00 bits per heavy atom. The van der Waals surface area contributed by atoms with E-state index in [0.717, 1.165) is 25.7 Å². The number of aryl methyl sites for hydroxylation is 3. The number of sulfonamides is 1. The Hall–Kier alpha value is -0.287. The summed E-state index contributed by atoms with van der Waals surface area (Å²) >= 11 is 0. The molecule has 1 aromatic carbocycles. The van der Waals surface area contributed by atoms with Crippen LogP contribution in [0.1, 0.15) is 42.4 Å². The van der Waals surface area contributed by atoms with Crippen LogP contribution in [0.2, 0.25) is 0 Å². The molecule has 0 saturated heterocycles. The first-order valence-electron chi connectivity index (χ1n) is 7.45. The summed E-state index contributed by atoms with van der Waals surface area (Å²) in [4.78, 5) is 0. The molecule has 0 spiro atoms. The number of hydrogen-bond donors (Lipinski definition) is 2. The Morgan fingerprint density at radius 3 is 1.77 bits per heavy atom. The Bertz CT molecular complexity index is 511. The first-order chi connectivity index (χ1) is 9.67. The molecule has 6 heteroatoms. The molecule has 22 heavy (non-hydrogen) atoms. The van der Waals surface area contributed by atoms with Gasteiger partial charge in [-0.15, -0.1) is 0 Å². The van der Waals surface area contributed by atoms with Crippen LogP contribution in [0, 0.1) is 20.8 Å². The topological polar surface area (TPSA) is 72.2 Å². The summed E-state index contributed by atoms with van der Waals surface area (Å²) in [5, 5.41) is 0. The van der Waals surface area contributed by atoms with Crippen LogP contribution in [-0.4, -0.2) is 26.8 Å². The van der Waals surface area contributed by atoms with Gasteiger partial charge in [0.15, 0.2) is 0 Å². The molecule has 0 amide bonds. The van der Waals surface area contributed by atoms with Crippen LogP contribution in [0.4, 0.5) is 0 Å². The summed E-state index contributed by atoms with van der Waals surface area (Å²) in [6.07, 6.45) is 5.15. The maximum absolute atomic E-state index is 10.9. The molecular weight excluding hydrogens is 385 g/mol. The normalized spacial score (nSPS) is 21.3. The van der Waals surface area contributed by atoms with Crippen molar-refractivity contribution in [3.05, 3.63) is 34.9 Å². The van der Waals surface area contributed by atoms with E-state index in [0.29, 0.717) is 0 Å². The van der Waals surface area contributed by atoms with Crippen molar-refractivity contribution in [2.24, 2.45) is 5.73 Å². The number of hydrogen-bond acceptors (Lipinski definition) is 3. The predicted molar refractivity (Wildman–Crippen MR) is 88.9 cm³/mol. The molecule has 3 N–H and O–H groups in total. The minimum Gasteiger partial charge on any atom is -0.326 e. The van der Waals surface area contributed by atoms with Crippen molar-refractivity contribution in [2.75, 3.05) is 6.26 Å². The SMILES string of the molecule is CS(=O)(=O)N[C@H]1CCCC[C@@H]1N.Cc1cc(C)cc(C)c1.[Ru]. The van der Waals surface area contributed by atoms with Gasteiger partial charge in [-0.25, -0.2) is 13.1 Å². The van der Waals surface area contributed by atoms with E-state index < -0.39 is 10.0 Å². The fourth-order valence-corrected chi connectivity index (χ4v) is 3.63. The summed E-state index contributed by atoms with van der Waals surface area (Å²) in [7, 11) is -3.09. The van der Waals surface area contributed by atoms with Crippen LogP contribution in [0.5, 0.6) is 0 Å². The number of rotatable bonds is 2. The molecule has 0 radical (unpaired) electrons. The van der Waals surface area contributed by atoms with Crippen LogP contribution in [0.3, 0.4) is 0 Å². The van der Waals surface area contributed by atoms with Crippen LogP contribution in [-0.2, 0) is 29.5 Å². The van der Waals surface area contributed by atoms with Gasteiger partial charge in [0.25, 0.3) is 0 Å². The quantitative estimate of drug-likeness (QED) is 0.732. The molecule has 0 unspecified atom stereocenters. The number of nitrogens with two attached hydrogens (primary N) is 1. The smallest absolute Gasteiger partial charge is 0.209 e. The largest absolute Gasteiger partial charge is 0.326 e. The second-order valence-electron chi connectivity index (χ2n) is 6.11. The molecule has 2 rings (SSSR count). The average Bonchev–Trinajstić information content (AvgIpc) is 2.29. The van der Waals surface area contributed by atoms with Gasteiger partial charge >= 0.3 is 0 Å². The maximum atomic E-state index is 10.9. The monoisotopic (exact) mass is 414 g/mol. The van der Waals surface area contributed by atoms with E-state index in [-0.39, 0.29) is 31.6 Å². The first-order valence-corrected chi connectivity index (χ1v) is 9.34. The summed E-state index contributed by atoms with van der Waals surface area (Å²) < 4.78 is 24.3. The Balaban J connectivity index is 0.000000397. The minimum absolute atomic E-state index is 0. The average molecular weight is 414 g/mol. The van der Waals surface area contributed by atoms with Crippen molar-refractivity contribution in [2.45, 2.75) is 58.5 Å². The molecule has 1 fully saturated rings. The van der Waals surface area contributed by atoms with Crippen LogP contribution in [0.15, 0.2) is 18.2 Å². The fourth-order valence-electron chi connectivity index (χ4n) is 2.78. The molecule has 1 aliphatic carbocycles. The van der Waals surface area contributed by atoms with Gasteiger partial charge in [0, 0.05) is 31.6 Å². The number of nitrogens with one attached hydrogen (secondary N) is 1. The van der Waals surface area contributed by atoms with Crippen molar-refractivity contribution in [1.82, 2.24) is 4.72 Å². The van der Waals surface area contributed by atoms with Gasteiger partial charge < -0.3 is 5.73 Å². The summed E-state index contributed by atoms with van der Waals surface area (Å²) in [5.74, 6) is 0. The summed E-state index contributed by atoms with van der Waals surface area (Å²) in [6, 6.07) is 6.51. The van der Waals surface area contributed by atoms with Crippen LogP contribution >= 0.6 is 0 Å². The molecule has 0 aliphatic heterocycles. The van der Waals surface area contributed by atoms with E-state index >= 15 is 0 Å². The minimum atomic E-state index is -3.09. The van der Waals surface area contributed by atoms with Gasteiger partial charge in [0.1, 0.15) is 0 Å². The molecule has 0 aromatic heterocycles. The number of benzene rings is 1. The molecule has 4 nitrogen and oxygen atoms in total. The molecule has 0 heterocycles. The van der Waals surface area contributed by atoms with Gasteiger partial charge in [-0.2, -0.15) is 0 Å². The third-order valence-electron chi connectivity index (χ3n) is 3.55. The van der Waals surface area contributed by atoms with E-state index in [1.54, 1.807) is 0 Å². The molecule has 1 aromatic rings. The zero-order valence-corrected chi connectivity index (χ0v) is 16.4.